The van der Waals surface area contributed by atoms with Crippen LogP contribution in [0.25, 0.3) is 0 Å². The molecule has 0 saturated carbocycles. The highest BCUT2D eigenvalue weighted by molar-refractivity contribution is 5.58. The lowest BCUT2D eigenvalue weighted by molar-refractivity contribution is 0.0928. The van der Waals surface area contributed by atoms with Crippen LogP contribution in [0, 0.1) is 0 Å². The van der Waals surface area contributed by atoms with Gasteiger partial charge in [-0.2, -0.15) is 0 Å². The van der Waals surface area contributed by atoms with Gasteiger partial charge in [-0.1, -0.05) is 0 Å². The lowest BCUT2D eigenvalue weighted by atomic mass is 10.1. The minimum Gasteiger partial charge on any atom is -0.486 e. The highest BCUT2D eigenvalue weighted by atomic mass is 16.6. The third-order valence-corrected chi connectivity index (χ3v) is 2.89. The molecule has 0 spiro atoms. The van der Waals surface area contributed by atoms with Crippen molar-refractivity contribution in [3.8, 4) is 11.5 Å². The van der Waals surface area contributed by atoms with E-state index in [-0.39, 0.29) is 0 Å². The van der Waals surface area contributed by atoms with E-state index in [1.54, 1.807) is 12.3 Å². The van der Waals surface area contributed by atoms with Crippen LogP contribution in [0.1, 0.15) is 11.3 Å². The van der Waals surface area contributed by atoms with E-state index >= 15 is 0 Å². The van der Waals surface area contributed by atoms with Gasteiger partial charge in [0.05, 0.1) is 12.9 Å². The quantitative estimate of drug-likeness (QED) is 0.856. The minimum absolute atomic E-state index is 0.406. The average Bonchev–Trinajstić information content (AvgIpc) is 2.92. The highest BCUT2D eigenvalue weighted by Crippen LogP contribution is 2.34. The summed E-state index contributed by atoms with van der Waals surface area (Å²) in [5.74, 6) is 2.20. The Bertz CT molecular complexity index is 551. The fourth-order valence-electron chi connectivity index (χ4n) is 1.93. The number of fused-ring (bicyclic) bond motifs is 1. The molecule has 19 heavy (non-hydrogen) atoms. The number of hydrogen-bond donors (Lipinski definition) is 1. The number of hydrogen-bond acceptors (Lipinski definition) is 5. The van der Waals surface area contributed by atoms with Crippen LogP contribution in [0.4, 0.5) is 5.69 Å². The zero-order valence-electron chi connectivity index (χ0n) is 10.4. The van der Waals surface area contributed by atoms with Gasteiger partial charge in [-0.15, -0.1) is 0 Å². The molecule has 1 aromatic heterocycles. The molecular formula is C14H15NO4. The normalized spacial score (nSPS) is 13.5. The summed E-state index contributed by atoms with van der Waals surface area (Å²) in [7, 11) is 0. The molecule has 0 aliphatic carbocycles. The predicted molar refractivity (Wildman–Crippen MR) is 69.0 cm³/mol. The van der Waals surface area contributed by atoms with Crippen LogP contribution < -0.4 is 15.2 Å². The Morgan fingerprint density at radius 2 is 1.89 bits per heavy atom. The molecule has 0 fully saturated rings. The van der Waals surface area contributed by atoms with Crippen molar-refractivity contribution in [2.45, 2.75) is 13.2 Å². The Hall–Kier alpha value is -2.14. The Labute approximate surface area is 110 Å². The second-order valence-electron chi connectivity index (χ2n) is 4.27. The number of furan rings is 1. The standard InChI is InChI=1S/C14H15NO4/c15-12-7-14-13(18-4-5-19-14)6-10(12)8-16-9-11-2-1-3-17-11/h1-3,6-7H,4-5,8-9,15H2. The molecule has 0 unspecified atom stereocenters. The molecule has 0 radical (unpaired) electrons. The van der Waals surface area contributed by atoms with Crippen molar-refractivity contribution in [3.05, 3.63) is 41.9 Å². The molecule has 2 N–H and O–H groups in total. The fourth-order valence-corrected chi connectivity index (χ4v) is 1.93. The first-order chi connectivity index (χ1) is 9.33. The smallest absolute Gasteiger partial charge is 0.163 e. The summed E-state index contributed by atoms with van der Waals surface area (Å²) in [4.78, 5) is 0. The van der Waals surface area contributed by atoms with Crippen LogP contribution >= 0.6 is 0 Å². The van der Waals surface area contributed by atoms with E-state index in [2.05, 4.69) is 0 Å². The van der Waals surface area contributed by atoms with Crippen LogP contribution in [0.3, 0.4) is 0 Å². The van der Waals surface area contributed by atoms with Crippen LogP contribution in [0.15, 0.2) is 34.9 Å². The number of anilines is 1. The van der Waals surface area contributed by atoms with E-state index in [4.69, 9.17) is 24.4 Å². The lowest BCUT2D eigenvalue weighted by Gasteiger charge is -2.20. The summed E-state index contributed by atoms with van der Waals surface area (Å²) in [6.45, 7) is 1.94. The summed E-state index contributed by atoms with van der Waals surface area (Å²) >= 11 is 0. The second kappa shape index (κ2) is 5.24. The Morgan fingerprint density at radius 3 is 2.63 bits per heavy atom. The zero-order chi connectivity index (χ0) is 13.1. The largest absolute Gasteiger partial charge is 0.486 e. The Morgan fingerprint density at radius 1 is 1.11 bits per heavy atom. The van der Waals surface area contributed by atoms with Crippen molar-refractivity contribution in [3.63, 3.8) is 0 Å². The molecule has 1 aliphatic rings. The van der Waals surface area contributed by atoms with Crippen molar-refractivity contribution < 1.29 is 18.6 Å². The molecule has 0 bridgehead atoms. The van der Waals surface area contributed by atoms with Gasteiger partial charge in [0.25, 0.3) is 0 Å². The number of rotatable bonds is 4. The lowest BCUT2D eigenvalue weighted by Crippen LogP contribution is -2.16. The summed E-state index contributed by atoms with van der Waals surface area (Å²) in [5, 5.41) is 0. The van der Waals surface area contributed by atoms with Crippen molar-refractivity contribution in [1.29, 1.82) is 0 Å². The van der Waals surface area contributed by atoms with Gasteiger partial charge in [0, 0.05) is 17.3 Å². The Kier molecular flexibility index (Phi) is 3.29. The first-order valence-electron chi connectivity index (χ1n) is 6.11. The van der Waals surface area contributed by atoms with Gasteiger partial charge in [0.2, 0.25) is 0 Å². The molecule has 2 heterocycles. The monoisotopic (exact) mass is 261 g/mol. The molecule has 1 aliphatic heterocycles. The maximum Gasteiger partial charge on any atom is 0.163 e. The van der Waals surface area contributed by atoms with Crippen molar-refractivity contribution in [2.75, 3.05) is 18.9 Å². The van der Waals surface area contributed by atoms with Crippen molar-refractivity contribution in [1.82, 2.24) is 0 Å². The number of nitrogens with two attached hydrogens (primary N) is 1. The van der Waals surface area contributed by atoms with Gasteiger partial charge in [0.1, 0.15) is 25.6 Å². The highest BCUT2D eigenvalue weighted by Gasteiger charge is 2.14. The van der Waals surface area contributed by atoms with E-state index < -0.39 is 0 Å². The molecular weight excluding hydrogens is 246 g/mol. The molecule has 0 atom stereocenters. The third kappa shape index (κ3) is 2.66. The van der Waals surface area contributed by atoms with E-state index in [0.717, 1.165) is 17.1 Å². The molecule has 100 valence electrons. The molecule has 2 aromatic rings. The van der Waals surface area contributed by atoms with E-state index in [1.807, 2.05) is 18.2 Å². The van der Waals surface area contributed by atoms with E-state index in [1.165, 1.54) is 0 Å². The fraction of sp³-hybridized carbons (Fsp3) is 0.286. The van der Waals surface area contributed by atoms with Crippen LogP contribution in [-0.4, -0.2) is 13.2 Å². The molecule has 5 heteroatoms. The zero-order valence-corrected chi connectivity index (χ0v) is 10.4. The maximum atomic E-state index is 5.97. The maximum absolute atomic E-state index is 5.97. The van der Waals surface area contributed by atoms with Crippen molar-refractivity contribution in [2.24, 2.45) is 0 Å². The van der Waals surface area contributed by atoms with Gasteiger partial charge in [-0.05, 0) is 18.2 Å². The average molecular weight is 261 g/mol. The number of benzene rings is 1. The SMILES string of the molecule is Nc1cc2c(cc1COCc1ccco1)OCCO2. The third-order valence-electron chi connectivity index (χ3n) is 2.89. The van der Waals surface area contributed by atoms with Gasteiger partial charge in [-0.25, -0.2) is 0 Å². The van der Waals surface area contributed by atoms with Gasteiger partial charge >= 0.3 is 0 Å². The summed E-state index contributed by atoms with van der Waals surface area (Å²) < 4.78 is 21.7. The number of nitrogen functional groups attached to an aromatic ring is 1. The first-order valence-corrected chi connectivity index (χ1v) is 6.11. The topological polar surface area (TPSA) is 66.9 Å². The van der Waals surface area contributed by atoms with Crippen LogP contribution in [0.2, 0.25) is 0 Å². The molecule has 0 saturated heterocycles. The van der Waals surface area contributed by atoms with Gasteiger partial charge in [0.15, 0.2) is 11.5 Å². The van der Waals surface area contributed by atoms with E-state index in [9.17, 15) is 0 Å². The second-order valence-corrected chi connectivity index (χ2v) is 4.27. The molecule has 5 nitrogen and oxygen atoms in total. The van der Waals surface area contributed by atoms with Crippen LogP contribution in [-0.2, 0) is 18.0 Å². The van der Waals surface area contributed by atoms with Crippen LogP contribution in [0.5, 0.6) is 11.5 Å². The van der Waals surface area contributed by atoms with E-state index in [0.29, 0.717) is 37.9 Å². The molecule has 0 amide bonds. The summed E-state index contributed by atoms with van der Waals surface area (Å²) in [5.41, 5.74) is 7.49. The van der Waals surface area contributed by atoms with Gasteiger partial charge in [-0.3, -0.25) is 0 Å². The number of ether oxygens (including phenoxy) is 3. The Balaban J connectivity index is 1.67. The molecule has 1 aromatic carbocycles. The van der Waals surface area contributed by atoms with Gasteiger partial charge < -0.3 is 24.4 Å². The predicted octanol–water partition coefficient (Wildman–Crippen LogP) is 2.35. The molecule has 3 rings (SSSR count). The van der Waals surface area contributed by atoms with Crippen molar-refractivity contribution >= 4 is 5.69 Å². The summed E-state index contributed by atoms with van der Waals surface area (Å²) in [6.07, 6.45) is 1.62. The first kappa shape index (κ1) is 11.9. The minimum atomic E-state index is 0.406. The summed E-state index contributed by atoms with van der Waals surface area (Å²) in [6, 6.07) is 7.34.